The van der Waals surface area contributed by atoms with Gasteiger partial charge in [-0.1, -0.05) is 54.6 Å². The van der Waals surface area contributed by atoms with Crippen LogP contribution in [0.25, 0.3) is 11.1 Å². The van der Waals surface area contributed by atoms with Crippen molar-refractivity contribution in [3.05, 3.63) is 78.4 Å². The van der Waals surface area contributed by atoms with Crippen LogP contribution < -0.4 is 15.8 Å². The molecule has 0 saturated heterocycles. The topological polar surface area (TPSA) is 73.6 Å². The lowest BCUT2D eigenvalue weighted by Gasteiger charge is -2.20. The molecule has 1 amide bonds. The number of anilines is 2. The summed E-state index contributed by atoms with van der Waals surface area (Å²) in [5.41, 5.74) is 9.48. The molecule has 0 heterocycles. The van der Waals surface area contributed by atoms with Crippen LogP contribution in [0.2, 0.25) is 0 Å². The van der Waals surface area contributed by atoms with E-state index in [4.69, 9.17) is 15.2 Å². The van der Waals surface area contributed by atoms with E-state index < -0.39 is 11.7 Å². The van der Waals surface area contributed by atoms with Gasteiger partial charge in [-0.15, -0.1) is 0 Å². The molecule has 5 nitrogen and oxygen atoms in total. The molecule has 0 aromatic heterocycles. The molecule has 0 atom stereocenters. The van der Waals surface area contributed by atoms with Gasteiger partial charge in [0.25, 0.3) is 0 Å². The zero-order chi connectivity index (χ0) is 20.9. The van der Waals surface area contributed by atoms with Gasteiger partial charge in [-0.25, -0.2) is 4.79 Å². The highest BCUT2D eigenvalue weighted by molar-refractivity contribution is 5.90. The van der Waals surface area contributed by atoms with Crippen LogP contribution in [0.5, 0.6) is 5.75 Å². The van der Waals surface area contributed by atoms with Gasteiger partial charge < -0.3 is 15.2 Å². The van der Waals surface area contributed by atoms with Gasteiger partial charge in [0.2, 0.25) is 0 Å². The van der Waals surface area contributed by atoms with E-state index in [1.807, 2.05) is 87.5 Å². The van der Waals surface area contributed by atoms with Crippen LogP contribution in [0.15, 0.2) is 72.8 Å². The summed E-state index contributed by atoms with van der Waals surface area (Å²) in [6.07, 6.45) is -0.538. The number of carbonyl (C=O) groups is 1. The van der Waals surface area contributed by atoms with Gasteiger partial charge >= 0.3 is 6.09 Å². The molecule has 0 aliphatic carbocycles. The fourth-order valence-corrected chi connectivity index (χ4v) is 2.82. The maximum Gasteiger partial charge on any atom is 0.412 e. The van der Waals surface area contributed by atoms with E-state index in [0.29, 0.717) is 18.0 Å². The van der Waals surface area contributed by atoms with E-state index in [-0.39, 0.29) is 0 Å². The first-order valence-electron chi connectivity index (χ1n) is 9.47. The lowest BCUT2D eigenvalue weighted by molar-refractivity contribution is 0.0636. The molecule has 0 aliphatic heterocycles. The van der Waals surface area contributed by atoms with Crippen molar-refractivity contribution in [2.75, 3.05) is 11.1 Å². The number of ether oxygens (including phenoxy) is 2. The molecule has 0 saturated carbocycles. The standard InChI is InChI=1S/C24H26N2O3/c1-24(2,3)29-23(27)26-21-14-13-18(15-20(21)25)19-11-7-8-12-22(19)28-16-17-9-5-4-6-10-17/h4-15H,16,25H2,1-3H3,(H,26,27). The Morgan fingerprint density at radius 1 is 0.966 bits per heavy atom. The first kappa shape index (κ1) is 20.3. The fraction of sp³-hybridized carbons (Fsp3) is 0.208. The minimum absolute atomic E-state index is 0.450. The van der Waals surface area contributed by atoms with Crippen molar-refractivity contribution in [3.63, 3.8) is 0 Å². The molecule has 3 aromatic carbocycles. The Bertz CT molecular complexity index is 979. The molecule has 0 bridgehead atoms. The van der Waals surface area contributed by atoms with Crippen LogP contribution in [0.3, 0.4) is 0 Å². The normalized spacial score (nSPS) is 11.0. The lowest BCUT2D eigenvalue weighted by atomic mass is 10.0. The fourth-order valence-electron chi connectivity index (χ4n) is 2.82. The largest absolute Gasteiger partial charge is 0.488 e. The number of nitrogens with one attached hydrogen (secondary N) is 1. The Morgan fingerprint density at radius 2 is 1.66 bits per heavy atom. The Kier molecular flexibility index (Phi) is 6.07. The predicted molar refractivity (Wildman–Crippen MR) is 117 cm³/mol. The summed E-state index contributed by atoms with van der Waals surface area (Å²) in [5, 5.41) is 2.69. The molecular weight excluding hydrogens is 364 g/mol. The van der Waals surface area contributed by atoms with E-state index in [0.717, 1.165) is 22.4 Å². The van der Waals surface area contributed by atoms with Crippen LogP contribution >= 0.6 is 0 Å². The number of nitrogens with two attached hydrogens (primary N) is 1. The van der Waals surface area contributed by atoms with Crippen LogP contribution in [0.4, 0.5) is 16.2 Å². The quantitative estimate of drug-likeness (QED) is 0.535. The highest BCUT2D eigenvalue weighted by atomic mass is 16.6. The summed E-state index contributed by atoms with van der Waals surface area (Å²) in [5.74, 6) is 0.767. The van der Waals surface area contributed by atoms with Gasteiger partial charge in [0.1, 0.15) is 18.0 Å². The molecule has 3 aromatic rings. The third kappa shape index (κ3) is 5.75. The van der Waals surface area contributed by atoms with Gasteiger partial charge in [0.05, 0.1) is 11.4 Å². The smallest absolute Gasteiger partial charge is 0.412 e. The Labute approximate surface area is 171 Å². The highest BCUT2D eigenvalue weighted by Crippen LogP contribution is 2.33. The monoisotopic (exact) mass is 390 g/mol. The molecular formula is C24H26N2O3. The van der Waals surface area contributed by atoms with Crippen molar-refractivity contribution >= 4 is 17.5 Å². The molecule has 150 valence electrons. The van der Waals surface area contributed by atoms with Crippen LogP contribution in [0, 0.1) is 0 Å². The lowest BCUT2D eigenvalue weighted by Crippen LogP contribution is -2.27. The van der Waals surface area contributed by atoms with E-state index in [9.17, 15) is 4.79 Å². The summed E-state index contributed by atoms with van der Waals surface area (Å²) in [6.45, 7) is 5.91. The summed E-state index contributed by atoms with van der Waals surface area (Å²) in [7, 11) is 0. The van der Waals surface area contributed by atoms with Gasteiger partial charge in [0, 0.05) is 5.56 Å². The number of hydrogen-bond acceptors (Lipinski definition) is 4. The maximum absolute atomic E-state index is 12.0. The average Bonchev–Trinajstić information content (AvgIpc) is 2.67. The third-order valence-corrected chi connectivity index (χ3v) is 4.12. The van der Waals surface area contributed by atoms with Gasteiger partial charge in [-0.2, -0.15) is 0 Å². The Morgan fingerprint density at radius 3 is 2.34 bits per heavy atom. The van der Waals surface area contributed by atoms with Crippen molar-refractivity contribution in [1.29, 1.82) is 0 Å². The minimum Gasteiger partial charge on any atom is -0.488 e. The van der Waals surface area contributed by atoms with Crippen LogP contribution in [-0.4, -0.2) is 11.7 Å². The molecule has 29 heavy (non-hydrogen) atoms. The number of para-hydroxylation sites is 1. The van der Waals surface area contributed by atoms with E-state index in [2.05, 4.69) is 5.32 Å². The van der Waals surface area contributed by atoms with Crippen molar-refractivity contribution < 1.29 is 14.3 Å². The van der Waals surface area contributed by atoms with Gasteiger partial charge in [-0.05, 0) is 50.1 Å². The Balaban J connectivity index is 1.77. The maximum atomic E-state index is 12.0. The number of amides is 1. The molecule has 0 spiro atoms. The van der Waals surface area contributed by atoms with Crippen molar-refractivity contribution in [1.82, 2.24) is 0 Å². The first-order chi connectivity index (χ1) is 13.8. The second-order valence-electron chi connectivity index (χ2n) is 7.70. The molecule has 0 unspecified atom stereocenters. The second kappa shape index (κ2) is 8.69. The minimum atomic E-state index is -0.576. The number of rotatable bonds is 5. The average molecular weight is 390 g/mol. The summed E-state index contributed by atoms with van der Waals surface area (Å²) in [4.78, 5) is 12.0. The van der Waals surface area contributed by atoms with Gasteiger partial charge in [0.15, 0.2) is 0 Å². The second-order valence-corrected chi connectivity index (χ2v) is 7.70. The van der Waals surface area contributed by atoms with E-state index in [1.165, 1.54) is 0 Å². The Hall–Kier alpha value is -3.47. The molecule has 3 N–H and O–H groups in total. The predicted octanol–water partition coefficient (Wildman–Crippen LogP) is 5.86. The zero-order valence-corrected chi connectivity index (χ0v) is 16.9. The summed E-state index contributed by atoms with van der Waals surface area (Å²) >= 11 is 0. The van der Waals surface area contributed by atoms with Crippen LogP contribution in [0.1, 0.15) is 26.3 Å². The SMILES string of the molecule is CC(C)(C)OC(=O)Nc1ccc(-c2ccccc2OCc2ccccc2)cc1N. The molecule has 0 radical (unpaired) electrons. The van der Waals surface area contributed by atoms with Crippen molar-refractivity contribution in [2.24, 2.45) is 0 Å². The summed E-state index contributed by atoms with van der Waals surface area (Å²) < 4.78 is 11.3. The van der Waals surface area contributed by atoms with Crippen LogP contribution in [-0.2, 0) is 11.3 Å². The molecule has 0 fully saturated rings. The van der Waals surface area contributed by atoms with Crippen molar-refractivity contribution in [3.8, 4) is 16.9 Å². The molecule has 3 rings (SSSR count). The number of nitrogen functional groups attached to an aromatic ring is 1. The highest BCUT2D eigenvalue weighted by Gasteiger charge is 2.17. The number of hydrogen-bond donors (Lipinski definition) is 2. The number of benzene rings is 3. The molecule has 0 aliphatic rings. The number of carbonyl (C=O) groups excluding carboxylic acids is 1. The van der Waals surface area contributed by atoms with E-state index >= 15 is 0 Å². The van der Waals surface area contributed by atoms with Gasteiger partial charge in [-0.3, -0.25) is 5.32 Å². The first-order valence-corrected chi connectivity index (χ1v) is 9.47. The van der Waals surface area contributed by atoms with E-state index in [1.54, 1.807) is 6.07 Å². The zero-order valence-electron chi connectivity index (χ0n) is 16.9. The third-order valence-electron chi connectivity index (χ3n) is 4.12. The van der Waals surface area contributed by atoms with Crippen molar-refractivity contribution in [2.45, 2.75) is 33.0 Å². The summed E-state index contributed by atoms with van der Waals surface area (Å²) in [6, 6.07) is 23.3. The molecule has 5 heteroatoms.